The molecule has 1 atom stereocenters. The SMILES string of the molecule is Cc1cc(NC(=O)N(C2CC2)[C@H](C)C(C)C)ccn1. The quantitative estimate of drug-likeness (QED) is 0.902. The molecule has 1 aromatic rings. The van der Waals surface area contributed by atoms with Crippen LogP contribution in [0.3, 0.4) is 0 Å². The molecule has 0 aromatic carbocycles. The fourth-order valence-electron chi connectivity index (χ4n) is 2.17. The molecule has 0 spiro atoms. The van der Waals surface area contributed by atoms with Crippen LogP contribution in [0.2, 0.25) is 0 Å². The first-order chi connectivity index (χ1) is 8.99. The number of aryl methyl sites for hydroxylation is 1. The molecule has 0 radical (unpaired) electrons. The van der Waals surface area contributed by atoms with Gasteiger partial charge in [0.2, 0.25) is 0 Å². The van der Waals surface area contributed by atoms with Crippen LogP contribution < -0.4 is 5.32 Å². The Morgan fingerprint density at radius 1 is 1.42 bits per heavy atom. The number of nitrogens with zero attached hydrogens (tertiary/aromatic N) is 2. The lowest BCUT2D eigenvalue weighted by molar-refractivity contribution is 0.169. The van der Waals surface area contributed by atoms with Gasteiger partial charge in [0.25, 0.3) is 0 Å². The van der Waals surface area contributed by atoms with Crippen molar-refractivity contribution >= 4 is 11.7 Å². The number of carbonyl (C=O) groups excluding carboxylic acids is 1. The number of urea groups is 1. The zero-order chi connectivity index (χ0) is 14.0. The van der Waals surface area contributed by atoms with Crippen molar-refractivity contribution in [2.45, 2.75) is 52.6 Å². The number of pyridine rings is 1. The van der Waals surface area contributed by atoms with Crippen molar-refractivity contribution < 1.29 is 4.79 Å². The zero-order valence-electron chi connectivity index (χ0n) is 12.2. The third kappa shape index (κ3) is 3.46. The fourth-order valence-corrected chi connectivity index (χ4v) is 2.17. The van der Waals surface area contributed by atoms with Gasteiger partial charge in [0.1, 0.15) is 0 Å². The first-order valence-electron chi connectivity index (χ1n) is 7.01. The molecule has 19 heavy (non-hydrogen) atoms. The molecule has 1 N–H and O–H groups in total. The van der Waals surface area contributed by atoms with Crippen molar-refractivity contribution in [3.63, 3.8) is 0 Å². The van der Waals surface area contributed by atoms with E-state index in [-0.39, 0.29) is 12.1 Å². The van der Waals surface area contributed by atoms with Crippen LogP contribution in [0.4, 0.5) is 10.5 Å². The van der Waals surface area contributed by atoms with Crippen LogP contribution in [0.1, 0.15) is 39.3 Å². The Morgan fingerprint density at radius 3 is 2.63 bits per heavy atom. The normalized spacial score (nSPS) is 16.3. The van der Waals surface area contributed by atoms with Gasteiger partial charge in [-0.3, -0.25) is 4.98 Å². The Hall–Kier alpha value is -1.58. The van der Waals surface area contributed by atoms with Crippen LogP contribution in [0, 0.1) is 12.8 Å². The molecule has 1 fully saturated rings. The standard InChI is InChI=1S/C15H23N3O/c1-10(2)12(4)18(14-5-6-14)15(19)17-13-7-8-16-11(3)9-13/h7-10,12,14H,5-6H2,1-4H3,(H,16,17,19)/t12-/m1/s1. The van der Waals surface area contributed by atoms with Gasteiger partial charge in [-0.2, -0.15) is 0 Å². The molecule has 1 heterocycles. The third-order valence-electron chi connectivity index (χ3n) is 3.73. The molecule has 4 heteroatoms. The molecule has 104 valence electrons. The second-order valence-corrected chi connectivity index (χ2v) is 5.74. The van der Waals surface area contributed by atoms with Crippen LogP contribution >= 0.6 is 0 Å². The Kier molecular flexibility index (Phi) is 4.08. The molecule has 0 unspecified atom stereocenters. The van der Waals surface area contributed by atoms with E-state index in [1.165, 1.54) is 0 Å². The number of amides is 2. The molecule has 1 aromatic heterocycles. The highest BCUT2D eigenvalue weighted by Crippen LogP contribution is 2.31. The lowest BCUT2D eigenvalue weighted by Crippen LogP contribution is -2.45. The van der Waals surface area contributed by atoms with E-state index in [0.29, 0.717) is 12.0 Å². The Labute approximate surface area is 115 Å². The van der Waals surface area contributed by atoms with Crippen LogP contribution in [-0.4, -0.2) is 28.0 Å². The number of anilines is 1. The van der Waals surface area contributed by atoms with Crippen molar-refractivity contribution in [1.82, 2.24) is 9.88 Å². The summed E-state index contributed by atoms with van der Waals surface area (Å²) in [6, 6.07) is 4.41. The van der Waals surface area contributed by atoms with Crippen molar-refractivity contribution in [3.8, 4) is 0 Å². The van der Waals surface area contributed by atoms with Gasteiger partial charge in [-0.15, -0.1) is 0 Å². The Bertz CT molecular complexity index is 454. The molecular formula is C15H23N3O. The highest BCUT2D eigenvalue weighted by Gasteiger charge is 2.36. The van der Waals surface area contributed by atoms with E-state index >= 15 is 0 Å². The topological polar surface area (TPSA) is 45.2 Å². The summed E-state index contributed by atoms with van der Waals surface area (Å²) in [6.45, 7) is 8.36. The number of carbonyl (C=O) groups is 1. The average molecular weight is 261 g/mol. The summed E-state index contributed by atoms with van der Waals surface area (Å²) in [4.78, 5) is 18.6. The predicted molar refractivity (Wildman–Crippen MR) is 77.2 cm³/mol. The van der Waals surface area contributed by atoms with Crippen LogP contribution in [-0.2, 0) is 0 Å². The second-order valence-electron chi connectivity index (χ2n) is 5.74. The molecule has 1 aliphatic carbocycles. The first-order valence-corrected chi connectivity index (χ1v) is 7.01. The number of aromatic nitrogens is 1. The molecule has 2 rings (SSSR count). The predicted octanol–water partition coefficient (Wildman–Crippen LogP) is 3.43. The van der Waals surface area contributed by atoms with Crippen LogP contribution in [0.25, 0.3) is 0 Å². The number of hydrogen-bond donors (Lipinski definition) is 1. The van der Waals surface area contributed by atoms with Crippen molar-refractivity contribution in [2.24, 2.45) is 5.92 Å². The van der Waals surface area contributed by atoms with Crippen molar-refractivity contribution in [1.29, 1.82) is 0 Å². The van der Waals surface area contributed by atoms with Crippen molar-refractivity contribution in [2.75, 3.05) is 5.32 Å². The minimum atomic E-state index is 0.00861. The number of nitrogens with one attached hydrogen (secondary N) is 1. The van der Waals surface area contributed by atoms with Gasteiger partial charge in [0.15, 0.2) is 0 Å². The highest BCUT2D eigenvalue weighted by molar-refractivity contribution is 5.90. The molecule has 0 aliphatic heterocycles. The maximum Gasteiger partial charge on any atom is 0.322 e. The van der Waals surface area contributed by atoms with Gasteiger partial charge >= 0.3 is 6.03 Å². The molecule has 1 aliphatic rings. The molecule has 4 nitrogen and oxygen atoms in total. The van der Waals surface area contributed by atoms with Gasteiger partial charge < -0.3 is 10.2 Å². The van der Waals surface area contributed by atoms with Crippen molar-refractivity contribution in [3.05, 3.63) is 24.0 Å². The van der Waals surface area contributed by atoms with Crippen LogP contribution in [0.15, 0.2) is 18.3 Å². The summed E-state index contributed by atoms with van der Waals surface area (Å²) in [5, 5.41) is 2.99. The van der Waals surface area contributed by atoms with Gasteiger partial charge in [-0.25, -0.2) is 4.79 Å². The van der Waals surface area contributed by atoms with Gasteiger partial charge in [-0.05, 0) is 44.7 Å². The van der Waals surface area contributed by atoms with Gasteiger partial charge in [-0.1, -0.05) is 13.8 Å². The summed E-state index contributed by atoms with van der Waals surface area (Å²) in [5.41, 5.74) is 1.73. The summed E-state index contributed by atoms with van der Waals surface area (Å²) in [7, 11) is 0. The third-order valence-corrected chi connectivity index (χ3v) is 3.73. The van der Waals surface area contributed by atoms with E-state index in [4.69, 9.17) is 0 Å². The lowest BCUT2D eigenvalue weighted by atomic mass is 10.0. The van der Waals surface area contributed by atoms with E-state index < -0.39 is 0 Å². The molecule has 0 saturated heterocycles. The minimum Gasteiger partial charge on any atom is -0.319 e. The maximum atomic E-state index is 12.4. The second kappa shape index (κ2) is 5.59. The smallest absolute Gasteiger partial charge is 0.319 e. The largest absolute Gasteiger partial charge is 0.322 e. The molecule has 0 bridgehead atoms. The summed E-state index contributed by atoms with van der Waals surface area (Å²) in [6.07, 6.45) is 3.97. The number of rotatable bonds is 4. The van der Waals surface area contributed by atoms with Gasteiger partial charge in [0, 0.05) is 29.7 Å². The van der Waals surface area contributed by atoms with Crippen LogP contribution in [0.5, 0.6) is 0 Å². The van der Waals surface area contributed by atoms with E-state index in [9.17, 15) is 4.79 Å². The molecular weight excluding hydrogens is 238 g/mol. The van der Waals surface area contributed by atoms with E-state index in [1.54, 1.807) is 6.20 Å². The summed E-state index contributed by atoms with van der Waals surface area (Å²) in [5.74, 6) is 0.463. The maximum absolute atomic E-state index is 12.4. The first kappa shape index (κ1) is 13.8. The summed E-state index contributed by atoms with van der Waals surface area (Å²) < 4.78 is 0. The average Bonchev–Trinajstić information content (AvgIpc) is 3.13. The minimum absolute atomic E-state index is 0.00861. The monoisotopic (exact) mass is 261 g/mol. The Balaban J connectivity index is 2.08. The summed E-state index contributed by atoms with van der Waals surface area (Å²) >= 11 is 0. The Morgan fingerprint density at radius 2 is 2.11 bits per heavy atom. The zero-order valence-corrected chi connectivity index (χ0v) is 12.2. The molecule has 1 saturated carbocycles. The fraction of sp³-hybridized carbons (Fsp3) is 0.600. The van der Waals surface area contributed by atoms with E-state index in [0.717, 1.165) is 24.2 Å². The lowest BCUT2D eigenvalue weighted by Gasteiger charge is -2.32. The van der Waals surface area contributed by atoms with E-state index in [1.807, 2.05) is 24.0 Å². The van der Waals surface area contributed by atoms with E-state index in [2.05, 4.69) is 31.1 Å². The number of hydrogen-bond acceptors (Lipinski definition) is 2. The highest BCUT2D eigenvalue weighted by atomic mass is 16.2. The van der Waals surface area contributed by atoms with Gasteiger partial charge in [0.05, 0.1) is 0 Å². The molecule has 2 amide bonds.